The maximum absolute atomic E-state index is 12.4. The molecule has 17 heavy (non-hydrogen) atoms. The Morgan fingerprint density at radius 2 is 1.88 bits per heavy atom. The van der Waals surface area contributed by atoms with Crippen LogP contribution in [0.4, 0.5) is 13.2 Å². The Morgan fingerprint density at radius 1 is 1.29 bits per heavy atom. The fourth-order valence-corrected chi connectivity index (χ4v) is 2.42. The van der Waals surface area contributed by atoms with Crippen LogP contribution >= 0.6 is 0 Å². The van der Waals surface area contributed by atoms with Gasteiger partial charge in [-0.05, 0) is 19.8 Å². The Morgan fingerprint density at radius 3 is 2.35 bits per heavy atom. The number of rotatable bonds is 3. The molecule has 5 heteroatoms. The molecule has 1 N–H and O–H groups in total. The second kappa shape index (κ2) is 5.57. The first-order valence-corrected chi connectivity index (χ1v) is 6.26. The fraction of sp³-hybridized carbons (Fsp3) is 1.00. The Bertz CT molecular complexity index is 240. The van der Waals surface area contributed by atoms with Gasteiger partial charge in [0.1, 0.15) is 0 Å². The largest absolute Gasteiger partial charge is 0.390 e. The number of hydrogen-bond donors (Lipinski definition) is 1. The third kappa shape index (κ3) is 4.47. The first kappa shape index (κ1) is 14.8. The van der Waals surface area contributed by atoms with E-state index in [0.29, 0.717) is 18.5 Å². The number of alkyl halides is 3. The molecule has 0 saturated carbocycles. The Kier molecular flexibility index (Phi) is 4.84. The summed E-state index contributed by atoms with van der Waals surface area (Å²) in [6, 6.07) is 0.0255. The van der Waals surface area contributed by atoms with Crippen molar-refractivity contribution in [3.63, 3.8) is 0 Å². The van der Waals surface area contributed by atoms with E-state index < -0.39 is 18.6 Å². The summed E-state index contributed by atoms with van der Waals surface area (Å²) >= 11 is 0. The van der Waals surface area contributed by atoms with Crippen molar-refractivity contribution < 1.29 is 13.2 Å². The van der Waals surface area contributed by atoms with Gasteiger partial charge in [-0.15, -0.1) is 0 Å². The van der Waals surface area contributed by atoms with Crippen LogP contribution in [0.3, 0.4) is 0 Å². The van der Waals surface area contributed by atoms with Crippen molar-refractivity contribution in [1.82, 2.24) is 10.2 Å². The van der Waals surface area contributed by atoms with Crippen LogP contribution in [0.5, 0.6) is 0 Å². The summed E-state index contributed by atoms with van der Waals surface area (Å²) in [4.78, 5) is 1.98. The van der Waals surface area contributed by atoms with Crippen LogP contribution < -0.4 is 5.32 Å². The SMILES string of the molecule is CC(C)C1CN(C(C)CC(F)(F)F)C(C)CN1. The van der Waals surface area contributed by atoms with E-state index in [1.807, 2.05) is 11.8 Å². The highest BCUT2D eigenvalue weighted by Crippen LogP contribution is 2.26. The van der Waals surface area contributed by atoms with Crippen molar-refractivity contribution in [1.29, 1.82) is 0 Å². The molecule has 1 heterocycles. The number of piperazine rings is 1. The average Bonchev–Trinajstić information content (AvgIpc) is 2.14. The summed E-state index contributed by atoms with van der Waals surface area (Å²) in [5.41, 5.74) is 0. The van der Waals surface area contributed by atoms with E-state index in [4.69, 9.17) is 0 Å². The second-order valence-electron chi connectivity index (χ2n) is 5.47. The zero-order valence-corrected chi connectivity index (χ0v) is 11.0. The monoisotopic (exact) mass is 252 g/mol. The summed E-state index contributed by atoms with van der Waals surface area (Å²) in [5.74, 6) is 0.447. The molecule has 0 aromatic rings. The first-order chi connectivity index (χ1) is 7.70. The van der Waals surface area contributed by atoms with Gasteiger partial charge < -0.3 is 5.32 Å². The normalized spacial score (nSPS) is 29.6. The van der Waals surface area contributed by atoms with E-state index in [0.717, 1.165) is 6.54 Å². The molecule has 1 saturated heterocycles. The van der Waals surface area contributed by atoms with Gasteiger partial charge in [0.25, 0.3) is 0 Å². The zero-order valence-electron chi connectivity index (χ0n) is 11.0. The highest BCUT2D eigenvalue weighted by Gasteiger charge is 2.36. The summed E-state index contributed by atoms with van der Waals surface area (Å²) in [7, 11) is 0. The molecule has 1 rings (SSSR count). The lowest BCUT2D eigenvalue weighted by atomic mass is 9.98. The molecular weight excluding hydrogens is 229 g/mol. The third-order valence-corrected chi connectivity index (χ3v) is 3.55. The number of nitrogens with zero attached hydrogens (tertiary/aromatic N) is 1. The topological polar surface area (TPSA) is 15.3 Å². The van der Waals surface area contributed by atoms with E-state index in [2.05, 4.69) is 19.2 Å². The number of hydrogen-bond acceptors (Lipinski definition) is 2. The van der Waals surface area contributed by atoms with Crippen LogP contribution in [0.1, 0.15) is 34.1 Å². The third-order valence-electron chi connectivity index (χ3n) is 3.55. The van der Waals surface area contributed by atoms with Gasteiger partial charge in [0.15, 0.2) is 0 Å². The standard InChI is InChI=1S/C12H23F3N2/c1-8(2)11-7-17(10(4)6-16-11)9(3)5-12(13,14)15/h8-11,16H,5-7H2,1-4H3. The predicted molar refractivity (Wildman–Crippen MR) is 62.9 cm³/mol. The Balaban J connectivity index is 2.60. The molecule has 1 fully saturated rings. The van der Waals surface area contributed by atoms with Crippen LogP contribution in [-0.2, 0) is 0 Å². The van der Waals surface area contributed by atoms with Crippen LogP contribution in [0.2, 0.25) is 0 Å². The summed E-state index contributed by atoms with van der Waals surface area (Å²) < 4.78 is 37.2. The van der Waals surface area contributed by atoms with Crippen molar-refractivity contribution in [3.05, 3.63) is 0 Å². The highest BCUT2D eigenvalue weighted by molar-refractivity contribution is 4.88. The lowest BCUT2D eigenvalue weighted by molar-refractivity contribution is -0.149. The predicted octanol–water partition coefficient (Wildman–Crippen LogP) is 2.65. The zero-order chi connectivity index (χ0) is 13.2. The molecule has 1 aliphatic heterocycles. The molecule has 2 nitrogen and oxygen atoms in total. The van der Waals surface area contributed by atoms with Gasteiger partial charge in [-0.2, -0.15) is 13.2 Å². The van der Waals surface area contributed by atoms with Gasteiger partial charge in [-0.25, -0.2) is 0 Å². The molecule has 0 aromatic carbocycles. The minimum Gasteiger partial charge on any atom is -0.311 e. The maximum atomic E-state index is 12.4. The number of nitrogens with one attached hydrogen (secondary N) is 1. The van der Waals surface area contributed by atoms with Gasteiger partial charge in [0.05, 0.1) is 6.42 Å². The molecule has 3 atom stereocenters. The van der Waals surface area contributed by atoms with Gasteiger partial charge in [-0.1, -0.05) is 13.8 Å². The van der Waals surface area contributed by atoms with Crippen molar-refractivity contribution in [3.8, 4) is 0 Å². The van der Waals surface area contributed by atoms with E-state index in [1.165, 1.54) is 0 Å². The van der Waals surface area contributed by atoms with Crippen LogP contribution in [0.25, 0.3) is 0 Å². The van der Waals surface area contributed by atoms with Crippen molar-refractivity contribution in [2.75, 3.05) is 13.1 Å². The minimum absolute atomic E-state index is 0.169. The van der Waals surface area contributed by atoms with Crippen molar-refractivity contribution >= 4 is 0 Å². The number of halogens is 3. The molecular formula is C12H23F3N2. The first-order valence-electron chi connectivity index (χ1n) is 6.26. The molecule has 1 aliphatic rings. The lowest BCUT2D eigenvalue weighted by Crippen LogP contribution is -2.59. The van der Waals surface area contributed by atoms with Gasteiger partial charge in [0, 0.05) is 31.2 Å². The van der Waals surface area contributed by atoms with Crippen LogP contribution in [-0.4, -0.2) is 42.3 Å². The molecule has 0 aliphatic carbocycles. The average molecular weight is 252 g/mol. The molecule has 0 spiro atoms. The molecule has 0 aromatic heterocycles. The Hall–Kier alpha value is -0.290. The van der Waals surface area contributed by atoms with Gasteiger partial charge >= 0.3 is 6.18 Å². The van der Waals surface area contributed by atoms with Crippen molar-refractivity contribution in [2.45, 2.75) is 58.4 Å². The summed E-state index contributed by atoms with van der Waals surface area (Å²) in [6.45, 7) is 9.32. The summed E-state index contributed by atoms with van der Waals surface area (Å²) in [6.07, 6.45) is -4.79. The van der Waals surface area contributed by atoms with Gasteiger partial charge in [0.2, 0.25) is 0 Å². The summed E-state index contributed by atoms with van der Waals surface area (Å²) in [5, 5.41) is 3.39. The lowest BCUT2D eigenvalue weighted by Gasteiger charge is -2.43. The quantitative estimate of drug-likeness (QED) is 0.830. The van der Waals surface area contributed by atoms with E-state index in [1.54, 1.807) is 6.92 Å². The molecule has 0 bridgehead atoms. The molecule has 102 valence electrons. The van der Waals surface area contributed by atoms with E-state index in [-0.39, 0.29) is 6.04 Å². The smallest absolute Gasteiger partial charge is 0.311 e. The molecule has 3 unspecified atom stereocenters. The van der Waals surface area contributed by atoms with Crippen LogP contribution in [0.15, 0.2) is 0 Å². The van der Waals surface area contributed by atoms with Gasteiger partial charge in [-0.3, -0.25) is 4.90 Å². The minimum atomic E-state index is -4.07. The fourth-order valence-electron chi connectivity index (χ4n) is 2.42. The highest BCUT2D eigenvalue weighted by atomic mass is 19.4. The molecule has 0 amide bonds. The van der Waals surface area contributed by atoms with E-state index in [9.17, 15) is 13.2 Å². The van der Waals surface area contributed by atoms with Crippen molar-refractivity contribution in [2.24, 2.45) is 5.92 Å². The second-order valence-corrected chi connectivity index (χ2v) is 5.47. The maximum Gasteiger partial charge on any atom is 0.390 e. The van der Waals surface area contributed by atoms with Crippen LogP contribution in [0, 0.1) is 5.92 Å². The molecule has 0 radical (unpaired) electrons. The Labute approximate surface area is 102 Å². The van der Waals surface area contributed by atoms with E-state index >= 15 is 0 Å².